The quantitative estimate of drug-likeness (QED) is 0.594. The van der Waals surface area contributed by atoms with Gasteiger partial charge < -0.3 is 17.0 Å². The van der Waals surface area contributed by atoms with Crippen molar-refractivity contribution >= 4 is 0 Å². The van der Waals surface area contributed by atoms with Gasteiger partial charge in [0.15, 0.2) is 0 Å². The highest BCUT2D eigenvalue weighted by molar-refractivity contribution is 4.51. The van der Waals surface area contributed by atoms with Crippen LogP contribution in [0.2, 0.25) is 0 Å². The van der Waals surface area contributed by atoms with Crippen LogP contribution in [0.3, 0.4) is 0 Å². The van der Waals surface area contributed by atoms with Crippen molar-refractivity contribution in [1.82, 2.24) is 12.3 Å². The van der Waals surface area contributed by atoms with Crippen molar-refractivity contribution in [2.45, 2.75) is 20.8 Å². The van der Waals surface area contributed by atoms with Crippen LogP contribution >= 0.6 is 0 Å². The summed E-state index contributed by atoms with van der Waals surface area (Å²) in [6.45, 7) is 10.9. The van der Waals surface area contributed by atoms with Crippen LogP contribution in [0.25, 0.3) is 0 Å². The van der Waals surface area contributed by atoms with Gasteiger partial charge in [-0.05, 0) is 20.8 Å². The number of ether oxygens (including phenoxy) is 1. The topological polar surface area (TPSA) is 79.2 Å². The van der Waals surface area contributed by atoms with Gasteiger partial charge in [-0.2, -0.15) is 0 Å². The molecule has 0 aromatic carbocycles. The Hall–Kier alpha value is -0.380. The van der Waals surface area contributed by atoms with Crippen LogP contribution in [0.4, 0.5) is 0 Å². The van der Waals surface area contributed by atoms with Crippen LogP contribution in [-0.2, 0) is 4.74 Å². The molecule has 10 heavy (non-hydrogen) atoms. The molecule has 0 saturated heterocycles. The number of hydrogen-bond donors (Lipinski definition) is 2. The molecule has 0 saturated carbocycles. The Balaban J connectivity index is -0.0000000326. The Morgan fingerprint density at radius 2 is 1.40 bits per heavy atom. The van der Waals surface area contributed by atoms with Gasteiger partial charge in [-0.25, -0.2) is 0 Å². The van der Waals surface area contributed by atoms with E-state index >= 15 is 0 Å². The predicted octanol–water partition coefficient (Wildman–Crippen LogP) is 2.56. The number of allylic oxidation sites excluding steroid dienone is 1. The van der Waals surface area contributed by atoms with Gasteiger partial charge >= 0.3 is 0 Å². The molecule has 0 bridgehead atoms. The van der Waals surface area contributed by atoms with Gasteiger partial charge in [0, 0.05) is 13.2 Å². The minimum absolute atomic E-state index is 0. The van der Waals surface area contributed by atoms with Crippen LogP contribution in [0, 0.1) is 0 Å². The molecular weight excluding hydrogens is 128 g/mol. The normalized spacial score (nSPS) is 5.50. The average molecular weight is 150 g/mol. The molecule has 0 rings (SSSR count). The molecule has 0 heterocycles. The van der Waals surface area contributed by atoms with Gasteiger partial charge in [0.05, 0.1) is 0 Å². The zero-order chi connectivity index (χ0) is 6.83. The van der Waals surface area contributed by atoms with Crippen LogP contribution < -0.4 is 12.3 Å². The Bertz CT molecular complexity index is 38.6. The lowest BCUT2D eigenvalue weighted by molar-refractivity contribution is 0.162. The van der Waals surface area contributed by atoms with Crippen LogP contribution in [0.5, 0.6) is 0 Å². The highest BCUT2D eigenvalue weighted by Crippen LogP contribution is 1.64. The van der Waals surface area contributed by atoms with Crippen molar-refractivity contribution in [3.63, 3.8) is 0 Å². The Labute approximate surface area is 64.6 Å². The largest absolute Gasteiger partial charge is 0.382 e. The summed E-state index contributed by atoms with van der Waals surface area (Å²) in [4.78, 5) is 0. The van der Waals surface area contributed by atoms with Gasteiger partial charge in [0.2, 0.25) is 0 Å². The molecule has 6 N–H and O–H groups in total. The van der Waals surface area contributed by atoms with E-state index in [0.717, 1.165) is 13.2 Å². The lowest BCUT2D eigenvalue weighted by Gasteiger charge is -1.86. The minimum atomic E-state index is 0. The SMILES string of the molecule is C=CC.CCOCC.N.N. The lowest BCUT2D eigenvalue weighted by atomic mass is 10.8. The van der Waals surface area contributed by atoms with E-state index in [-0.39, 0.29) is 12.3 Å². The van der Waals surface area contributed by atoms with Crippen molar-refractivity contribution in [2.24, 2.45) is 0 Å². The van der Waals surface area contributed by atoms with Crippen molar-refractivity contribution in [3.05, 3.63) is 12.7 Å². The maximum absolute atomic E-state index is 4.83. The molecule has 0 amide bonds. The van der Waals surface area contributed by atoms with Gasteiger partial charge in [0.25, 0.3) is 0 Å². The van der Waals surface area contributed by atoms with E-state index in [2.05, 4.69) is 6.58 Å². The van der Waals surface area contributed by atoms with E-state index in [1.165, 1.54) is 0 Å². The summed E-state index contributed by atoms with van der Waals surface area (Å²) >= 11 is 0. The Morgan fingerprint density at radius 3 is 1.40 bits per heavy atom. The zero-order valence-electron chi connectivity index (χ0n) is 7.52. The first-order valence-electron chi connectivity index (χ1n) is 2.98. The summed E-state index contributed by atoms with van der Waals surface area (Å²) < 4.78 is 4.83. The molecule has 0 radical (unpaired) electrons. The van der Waals surface area contributed by atoms with Crippen molar-refractivity contribution in [1.29, 1.82) is 0 Å². The van der Waals surface area contributed by atoms with Crippen molar-refractivity contribution in [2.75, 3.05) is 13.2 Å². The van der Waals surface area contributed by atoms with Crippen molar-refractivity contribution in [3.8, 4) is 0 Å². The average Bonchev–Trinajstić information content (AvgIpc) is 1.71. The highest BCUT2D eigenvalue weighted by atomic mass is 16.5. The van der Waals surface area contributed by atoms with E-state index in [1.807, 2.05) is 20.8 Å². The van der Waals surface area contributed by atoms with Gasteiger partial charge in [-0.15, -0.1) is 6.58 Å². The second-order valence-corrected chi connectivity index (χ2v) is 1.19. The maximum Gasteiger partial charge on any atom is 0.0437 e. The van der Waals surface area contributed by atoms with Crippen LogP contribution in [0.1, 0.15) is 20.8 Å². The molecule has 3 heteroatoms. The fourth-order valence-electron chi connectivity index (χ4n) is 0.204. The predicted molar refractivity (Wildman–Crippen MR) is 48.1 cm³/mol. The Kier molecular flexibility index (Phi) is 86.4. The molecule has 66 valence electrons. The summed E-state index contributed by atoms with van der Waals surface area (Å²) in [6, 6.07) is 0. The maximum atomic E-state index is 4.83. The molecule has 0 aromatic rings. The Morgan fingerprint density at radius 1 is 1.20 bits per heavy atom. The van der Waals surface area contributed by atoms with Crippen LogP contribution in [-0.4, -0.2) is 13.2 Å². The number of hydrogen-bond acceptors (Lipinski definition) is 3. The van der Waals surface area contributed by atoms with Gasteiger partial charge in [0.1, 0.15) is 0 Å². The molecule has 0 aliphatic rings. The molecule has 0 spiro atoms. The fraction of sp³-hybridized carbons (Fsp3) is 0.714. The second-order valence-electron chi connectivity index (χ2n) is 1.19. The third kappa shape index (κ3) is 127. The lowest BCUT2D eigenvalue weighted by Crippen LogP contribution is -1.84. The molecule has 0 atom stereocenters. The highest BCUT2D eigenvalue weighted by Gasteiger charge is 1.64. The van der Waals surface area contributed by atoms with Gasteiger partial charge in [-0.1, -0.05) is 6.08 Å². The van der Waals surface area contributed by atoms with Crippen LogP contribution in [0.15, 0.2) is 12.7 Å². The van der Waals surface area contributed by atoms with E-state index in [9.17, 15) is 0 Å². The number of rotatable bonds is 2. The monoisotopic (exact) mass is 150 g/mol. The summed E-state index contributed by atoms with van der Waals surface area (Å²) in [5, 5.41) is 0. The van der Waals surface area contributed by atoms with E-state index in [4.69, 9.17) is 4.74 Å². The van der Waals surface area contributed by atoms with Crippen molar-refractivity contribution < 1.29 is 4.74 Å². The molecular formula is C7H22N2O. The molecule has 3 nitrogen and oxygen atoms in total. The molecule has 0 fully saturated rings. The van der Waals surface area contributed by atoms with E-state index in [1.54, 1.807) is 6.08 Å². The summed E-state index contributed by atoms with van der Waals surface area (Å²) in [7, 11) is 0. The first kappa shape index (κ1) is 22.6. The molecule has 0 unspecified atom stereocenters. The zero-order valence-corrected chi connectivity index (χ0v) is 7.52. The molecule has 0 aliphatic heterocycles. The summed E-state index contributed by atoms with van der Waals surface area (Å²) in [6.07, 6.45) is 1.75. The third-order valence-corrected chi connectivity index (χ3v) is 0.408. The second kappa shape index (κ2) is 38.2. The standard InChI is InChI=1S/C4H10O.C3H6.2H3N/c1-3-5-4-2;1-3-2;;/h3-4H2,1-2H3;3H,1H2,2H3;2*1H3. The first-order chi connectivity index (χ1) is 3.83. The summed E-state index contributed by atoms with van der Waals surface area (Å²) in [5.41, 5.74) is 0. The van der Waals surface area contributed by atoms with Gasteiger partial charge in [-0.3, -0.25) is 0 Å². The minimum Gasteiger partial charge on any atom is -0.382 e. The molecule has 0 aromatic heterocycles. The fourth-order valence-corrected chi connectivity index (χ4v) is 0.204. The smallest absolute Gasteiger partial charge is 0.0437 e. The van der Waals surface area contributed by atoms with E-state index in [0.29, 0.717) is 0 Å². The third-order valence-electron chi connectivity index (χ3n) is 0.408. The van der Waals surface area contributed by atoms with E-state index < -0.39 is 0 Å². The summed E-state index contributed by atoms with van der Waals surface area (Å²) in [5.74, 6) is 0. The first-order valence-corrected chi connectivity index (χ1v) is 2.98. The molecule has 0 aliphatic carbocycles.